The SMILES string of the molecule is O=C(NN1CCCCC1)c1cn(-c2ccc(Cl)cc2)c(-c2ccccc2[N+](=O)[O-])n1. The number of nitro groups is 1. The molecule has 2 aromatic carbocycles. The van der Waals surface area contributed by atoms with E-state index < -0.39 is 4.92 Å². The molecule has 1 saturated heterocycles. The maximum absolute atomic E-state index is 12.8. The van der Waals surface area contributed by atoms with Crippen LogP contribution < -0.4 is 5.43 Å². The van der Waals surface area contributed by atoms with Crippen molar-refractivity contribution in [1.29, 1.82) is 0 Å². The number of piperidine rings is 1. The summed E-state index contributed by atoms with van der Waals surface area (Å²) in [5.41, 5.74) is 4.01. The monoisotopic (exact) mass is 425 g/mol. The van der Waals surface area contributed by atoms with Crippen LogP contribution in [0.5, 0.6) is 0 Å². The molecule has 1 fully saturated rings. The van der Waals surface area contributed by atoms with Crippen LogP contribution in [0.25, 0.3) is 17.1 Å². The fourth-order valence-electron chi connectivity index (χ4n) is 3.51. The summed E-state index contributed by atoms with van der Waals surface area (Å²) in [7, 11) is 0. The van der Waals surface area contributed by atoms with Crippen molar-refractivity contribution in [2.75, 3.05) is 13.1 Å². The lowest BCUT2D eigenvalue weighted by Gasteiger charge is -2.26. The van der Waals surface area contributed by atoms with Crippen LogP contribution in [0.3, 0.4) is 0 Å². The number of hydrogen-bond acceptors (Lipinski definition) is 5. The number of imidazole rings is 1. The highest BCUT2D eigenvalue weighted by Crippen LogP contribution is 2.31. The molecule has 0 radical (unpaired) electrons. The van der Waals surface area contributed by atoms with Gasteiger partial charge in [0, 0.05) is 36.1 Å². The van der Waals surface area contributed by atoms with Crippen molar-refractivity contribution in [1.82, 2.24) is 20.0 Å². The molecule has 1 aliphatic rings. The van der Waals surface area contributed by atoms with E-state index in [0.717, 1.165) is 32.4 Å². The quantitative estimate of drug-likeness (QED) is 0.487. The van der Waals surface area contributed by atoms with Gasteiger partial charge in [-0.05, 0) is 43.2 Å². The summed E-state index contributed by atoms with van der Waals surface area (Å²) in [6.07, 6.45) is 4.80. The molecule has 1 aromatic heterocycles. The zero-order valence-electron chi connectivity index (χ0n) is 16.1. The van der Waals surface area contributed by atoms with Gasteiger partial charge in [-0.25, -0.2) is 9.99 Å². The van der Waals surface area contributed by atoms with Gasteiger partial charge in [0.15, 0.2) is 5.82 Å². The minimum atomic E-state index is -0.455. The van der Waals surface area contributed by atoms with Crippen LogP contribution in [-0.2, 0) is 0 Å². The maximum Gasteiger partial charge on any atom is 0.285 e. The number of aromatic nitrogens is 2. The molecule has 1 N–H and O–H groups in total. The number of benzene rings is 2. The molecule has 30 heavy (non-hydrogen) atoms. The zero-order chi connectivity index (χ0) is 21.1. The van der Waals surface area contributed by atoms with E-state index in [1.165, 1.54) is 6.07 Å². The van der Waals surface area contributed by atoms with Crippen molar-refractivity contribution in [3.05, 3.63) is 75.6 Å². The Morgan fingerprint density at radius 1 is 1.07 bits per heavy atom. The van der Waals surface area contributed by atoms with Crippen molar-refractivity contribution < 1.29 is 9.72 Å². The summed E-state index contributed by atoms with van der Waals surface area (Å²) in [5.74, 6) is -0.0298. The lowest BCUT2D eigenvalue weighted by atomic mass is 10.1. The van der Waals surface area contributed by atoms with Crippen LogP contribution in [0.4, 0.5) is 5.69 Å². The summed E-state index contributed by atoms with van der Waals surface area (Å²) >= 11 is 6.00. The Morgan fingerprint density at radius 2 is 1.77 bits per heavy atom. The number of nitrogens with zero attached hydrogens (tertiary/aromatic N) is 4. The Bertz CT molecular complexity index is 1070. The van der Waals surface area contributed by atoms with E-state index in [-0.39, 0.29) is 17.3 Å². The highest BCUT2D eigenvalue weighted by Gasteiger charge is 2.24. The third kappa shape index (κ3) is 4.19. The number of nitrogens with one attached hydrogen (secondary N) is 1. The van der Waals surface area contributed by atoms with E-state index >= 15 is 0 Å². The number of rotatable bonds is 5. The van der Waals surface area contributed by atoms with E-state index in [2.05, 4.69) is 10.4 Å². The van der Waals surface area contributed by atoms with Gasteiger partial charge in [0.2, 0.25) is 0 Å². The molecule has 3 aromatic rings. The first-order valence-corrected chi connectivity index (χ1v) is 10.1. The Kier molecular flexibility index (Phi) is 5.78. The standard InChI is InChI=1S/C21H20ClN5O3/c22-15-8-10-16(11-9-15)26-14-18(21(28)24-25-12-4-1-5-13-25)23-20(26)17-6-2-3-7-19(17)27(29)30/h2-3,6-11,14H,1,4-5,12-13H2,(H,24,28). The predicted octanol–water partition coefficient (Wildman–Crippen LogP) is 4.23. The normalized spacial score (nSPS) is 14.4. The van der Waals surface area contributed by atoms with Gasteiger partial charge in [-0.3, -0.25) is 24.9 Å². The first-order chi connectivity index (χ1) is 14.5. The topological polar surface area (TPSA) is 93.3 Å². The minimum absolute atomic E-state index is 0.0821. The van der Waals surface area contributed by atoms with Gasteiger partial charge < -0.3 is 0 Å². The second-order valence-corrected chi connectivity index (χ2v) is 7.50. The number of carbonyl (C=O) groups is 1. The average molecular weight is 426 g/mol. The molecule has 0 unspecified atom stereocenters. The number of para-hydroxylation sites is 1. The summed E-state index contributed by atoms with van der Waals surface area (Å²) in [6.45, 7) is 1.58. The summed E-state index contributed by atoms with van der Waals surface area (Å²) < 4.78 is 1.67. The largest absolute Gasteiger partial charge is 0.299 e. The molecule has 0 atom stereocenters. The summed E-state index contributed by atoms with van der Waals surface area (Å²) in [6, 6.07) is 13.3. The number of nitro benzene ring substituents is 1. The van der Waals surface area contributed by atoms with Crippen molar-refractivity contribution in [3.8, 4) is 17.1 Å². The van der Waals surface area contributed by atoms with E-state index in [9.17, 15) is 14.9 Å². The average Bonchev–Trinajstić information content (AvgIpc) is 3.20. The van der Waals surface area contributed by atoms with Gasteiger partial charge in [-0.15, -0.1) is 0 Å². The molecule has 1 aliphatic heterocycles. The van der Waals surface area contributed by atoms with Gasteiger partial charge in [-0.2, -0.15) is 0 Å². The fourth-order valence-corrected chi connectivity index (χ4v) is 3.63. The second-order valence-electron chi connectivity index (χ2n) is 7.06. The lowest BCUT2D eigenvalue weighted by molar-refractivity contribution is -0.384. The highest BCUT2D eigenvalue weighted by molar-refractivity contribution is 6.30. The van der Waals surface area contributed by atoms with Gasteiger partial charge in [-0.1, -0.05) is 30.2 Å². The molecule has 0 saturated carbocycles. The Labute approximate surface area is 178 Å². The minimum Gasteiger partial charge on any atom is -0.299 e. The molecule has 0 bridgehead atoms. The molecule has 8 nitrogen and oxygen atoms in total. The molecule has 1 amide bonds. The zero-order valence-corrected chi connectivity index (χ0v) is 16.9. The van der Waals surface area contributed by atoms with E-state index in [1.54, 1.807) is 53.2 Å². The van der Waals surface area contributed by atoms with E-state index in [4.69, 9.17) is 11.6 Å². The van der Waals surface area contributed by atoms with Gasteiger partial charge >= 0.3 is 0 Å². The van der Waals surface area contributed by atoms with Crippen LogP contribution in [0.15, 0.2) is 54.7 Å². The number of hydrogen-bond donors (Lipinski definition) is 1. The second kappa shape index (κ2) is 8.64. The molecular formula is C21H20ClN5O3. The Hall–Kier alpha value is -3.23. The van der Waals surface area contributed by atoms with Gasteiger partial charge in [0.05, 0.1) is 10.5 Å². The van der Waals surface area contributed by atoms with Crippen molar-refractivity contribution in [2.24, 2.45) is 0 Å². The number of halogens is 1. The summed E-state index contributed by atoms with van der Waals surface area (Å²) in [5, 5.41) is 14.0. The number of carbonyl (C=O) groups excluding carboxylic acids is 1. The van der Waals surface area contributed by atoms with Crippen molar-refractivity contribution in [3.63, 3.8) is 0 Å². The Morgan fingerprint density at radius 3 is 2.47 bits per heavy atom. The fraction of sp³-hybridized carbons (Fsp3) is 0.238. The van der Waals surface area contributed by atoms with Crippen LogP contribution in [0.2, 0.25) is 5.02 Å². The smallest absolute Gasteiger partial charge is 0.285 e. The first-order valence-electron chi connectivity index (χ1n) is 9.68. The third-order valence-corrected chi connectivity index (χ3v) is 5.25. The predicted molar refractivity (Wildman–Crippen MR) is 114 cm³/mol. The molecule has 9 heteroatoms. The van der Waals surface area contributed by atoms with Crippen molar-refractivity contribution in [2.45, 2.75) is 19.3 Å². The number of amides is 1. The molecule has 4 rings (SSSR count). The molecule has 154 valence electrons. The van der Waals surface area contributed by atoms with Gasteiger partial charge in [0.25, 0.3) is 11.6 Å². The molecule has 0 spiro atoms. The van der Waals surface area contributed by atoms with Crippen LogP contribution in [0.1, 0.15) is 29.8 Å². The molecule has 0 aliphatic carbocycles. The summed E-state index contributed by atoms with van der Waals surface area (Å²) in [4.78, 5) is 28.4. The van der Waals surface area contributed by atoms with Gasteiger partial charge in [0.1, 0.15) is 5.69 Å². The molecular weight excluding hydrogens is 406 g/mol. The number of hydrazine groups is 1. The molecule has 2 heterocycles. The highest BCUT2D eigenvalue weighted by atomic mass is 35.5. The van der Waals surface area contributed by atoms with Crippen molar-refractivity contribution >= 4 is 23.2 Å². The van der Waals surface area contributed by atoms with Crippen LogP contribution in [0, 0.1) is 10.1 Å². The Balaban J connectivity index is 1.77. The van der Waals surface area contributed by atoms with Crippen LogP contribution in [-0.4, -0.2) is 38.5 Å². The first kappa shape index (κ1) is 20.1. The van der Waals surface area contributed by atoms with E-state index in [1.807, 2.05) is 5.01 Å². The van der Waals surface area contributed by atoms with Crippen LogP contribution >= 0.6 is 11.6 Å². The maximum atomic E-state index is 12.8. The third-order valence-electron chi connectivity index (χ3n) is 5.00. The lowest BCUT2D eigenvalue weighted by Crippen LogP contribution is -2.45. The van der Waals surface area contributed by atoms with E-state index in [0.29, 0.717) is 22.1 Å².